The number of hydrogen-bond donors (Lipinski definition) is 7. The fourth-order valence-electron chi connectivity index (χ4n) is 8.16. The van der Waals surface area contributed by atoms with Crippen LogP contribution in [0.2, 0.25) is 0 Å². The molecule has 76 heavy (non-hydrogen) atoms. The molecule has 9 atom stereocenters. The summed E-state index contributed by atoms with van der Waals surface area (Å²) in [6.45, 7) is 4.21. The average Bonchev–Trinajstić information content (AvgIpc) is 3.64. The van der Waals surface area contributed by atoms with E-state index in [1.54, 1.807) is 30.4 Å². The molecule has 0 radical (unpaired) electrons. The minimum absolute atomic E-state index is 0.0760. The number of esters is 2. The number of nitrogen functional groups attached to an aromatic ring is 1. The molecule has 2 rings (SSSR count). The van der Waals surface area contributed by atoms with Crippen molar-refractivity contribution in [1.29, 1.82) is 0 Å². The molecule has 0 spiro atoms. The first kappa shape index (κ1) is 68.7. The summed E-state index contributed by atoms with van der Waals surface area (Å²) in [5.74, 6) is -0.745. The van der Waals surface area contributed by atoms with E-state index in [1.165, 1.54) is 95.6 Å². The van der Waals surface area contributed by atoms with E-state index in [0.717, 1.165) is 61.6 Å². The normalized spacial score (nSPS) is 20.0. The second-order valence-corrected chi connectivity index (χ2v) is 23.0. The van der Waals surface area contributed by atoms with Gasteiger partial charge in [-0.1, -0.05) is 185 Å². The van der Waals surface area contributed by atoms with E-state index in [-0.39, 0.29) is 31.5 Å². The van der Waals surface area contributed by atoms with E-state index >= 15 is 0 Å². The van der Waals surface area contributed by atoms with E-state index in [2.05, 4.69) is 36.1 Å². The van der Waals surface area contributed by atoms with Crippen molar-refractivity contribution in [3.63, 3.8) is 0 Å². The maximum atomic E-state index is 12.9. The number of aromatic nitrogens is 2. The summed E-state index contributed by atoms with van der Waals surface area (Å²) in [7, 11) is -11.0. The van der Waals surface area contributed by atoms with Crippen LogP contribution in [0.15, 0.2) is 65.7 Å². The zero-order valence-corrected chi connectivity index (χ0v) is 47.2. The van der Waals surface area contributed by atoms with E-state index in [9.17, 15) is 53.7 Å². The molecule has 1 aromatic heterocycles. The van der Waals surface area contributed by atoms with Crippen LogP contribution >= 0.6 is 15.6 Å². The van der Waals surface area contributed by atoms with Crippen LogP contribution in [-0.4, -0.2) is 108 Å². The number of allylic oxidation sites excluding steroid dienone is 5. The maximum Gasteiger partial charge on any atom is 0.481 e. The zero-order valence-electron chi connectivity index (χ0n) is 45.4. The van der Waals surface area contributed by atoms with Crippen LogP contribution in [0.1, 0.15) is 194 Å². The first-order chi connectivity index (χ1) is 36.3. The van der Waals surface area contributed by atoms with Crippen molar-refractivity contribution < 1.29 is 76.5 Å². The molecule has 1 fully saturated rings. The van der Waals surface area contributed by atoms with Gasteiger partial charge in [0.05, 0.1) is 25.4 Å². The van der Waals surface area contributed by atoms with Gasteiger partial charge in [0.15, 0.2) is 12.3 Å². The molecular weight excluding hydrogens is 1020 g/mol. The van der Waals surface area contributed by atoms with Crippen molar-refractivity contribution in [1.82, 2.24) is 9.55 Å². The van der Waals surface area contributed by atoms with Crippen molar-refractivity contribution in [3.8, 4) is 0 Å². The van der Waals surface area contributed by atoms with Gasteiger partial charge in [0, 0.05) is 19.0 Å². The number of carbonyl (C=O) groups excluding carboxylic acids is 2. The highest BCUT2D eigenvalue weighted by molar-refractivity contribution is 7.61. The van der Waals surface area contributed by atoms with Crippen molar-refractivity contribution in [3.05, 3.63) is 71.4 Å². The Hall–Kier alpha value is -3.36. The van der Waals surface area contributed by atoms with Crippen molar-refractivity contribution in [2.24, 2.45) is 5.92 Å². The van der Waals surface area contributed by atoms with Gasteiger partial charge in [-0.3, -0.25) is 23.2 Å². The minimum Gasteiger partial charge on any atom is -0.462 e. The number of ether oxygens (including phenoxy) is 3. The topological polar surface area (TPSA) is 306 Å². The lowest BCUT2D eigenvalue weighted by molar-refractivity contribution is -0.161. The lowest BCUT2D eigenvalue weighted by Gasteiger charge is -2.21. The SMILES string of the molecule is CCCCC/C=C\C[C@H](O)/C=C/C=C/C=C\[C@H](O)CCCC(=O)O[C@H](COC(=O)CCCCCCCCCCCCCCCCCCC(C)C)COP(=O)(O)OP(=O)(O)OC[C@H]1O[C@@H](n2ccc(N)nc2=O)[C@H](O)[C@@H]1O. The molecule has 0 saturated carbocycles. The molecule has 8 N–H and O–H groups in total. The first-order valence-electron chi connectivity index (χ1n) is 27.7. The molecule has 2 unspecified atom stereocenters. The van der Waals surface area contributed by atoms with E-state index in [1.807, 2.05) is 6.08 Å². The molecule has 1 saturated heterocycles. The molecule has 1 aliphatic heterocycles. The fraction of sp³-hybridized carbons (Fsp3) is 0.741. The van der Waals surface area contributed by atoms with E-state index in [4.69, 9.17) is 29.0 Å². The Morgan fingerprint density at radius 2 is 1.29 bits per heavy atom. The van der Waals surface area contributed by atoms with Gasteiger partial charge in [-0.15, -0.1) is 0 Å². The summed E-state index contributed by atoms with van der Waals surface area (Å²) in [5.41, 5.74) is 4.57. The number of carbonyl (C=O) groups is 2. The molecule has 1 aromatic rings. The number of nitrogens with zero attached hydrogens (tertiary/aromatic N) is 2. The Balaban J connectivity index is 1.83. The smallest absolute Gasteiger partial charge is 0.462 e. The third-order valence-corrected chi connectivity index (χ3v) is 15.1. The standard InChI is InChI=1S/C54H93N3O17P2/c1-4-5-6-7-21-26-32-44(58)33-27-23-24-28-34-45(59)35-30-37-50(61)72-46(40-69-49(60)36-29-22-19-17-15-13-11-9-8-10-12-14-16-18-20-25-31-43(2)3)41-70-75(65,66)74-76(67,68)71-42-47-51(62)52(63)53(73-47)57-39-38-48(55)56-54(57)64/h21,23-24,26-28,33-34,38-39,43-47,51-53,58-59,62-63H,4-20,22,25,29-32,35-37,40-42H2,1-3H3,(H,65,66)(H,67,68)(H2,55,56,64)/b24-23+,26-21-,33-27+,34-28-/t44-,45-,46+,47+,51+,52+,53+/m0/s1. The highest BCUT2D eigenvalue weighted by Gasteiger charge is 2.46. The van der Waals surface area contributed by atoms with Crippen LogP contribution in [0.3, 0.4) is 0 Å². The summed E-state index contributed by atoms with van der Waals surface area (Å²) in [6.07, 6.45) is 30.9. The van der Waals surface area contributed by atoms with Crippen LogP contribution in [-0.2, 0) is 46.3 Å². The third-order valence-electron chi connectivity index (χ3n) is 12.5. The van der Waals surface area contributed by atoms with Gasteiger partial charge in [-0.05, 0) is 50.5 Å². The summed E-state index contributed by atoms with van der Waals surface area (Å²) in [6, 6.07) is 1.23. The lowest BCUT2D eigenvalue weighted by atomic mass is 10.0. The summed E-state index contributed by atoms with van der Waals surface area (Å²) >= 11 is 0. The predicted molar refractivity (Wildman–Crippen MR) is 291 cm³/mol. The molecule has 22 heteroatoms. The Kier molecular flexibility index (Phi) is 36.9. The van der Waals surface area contributed by atoms with E-state index < -0.39 is 95.9 Å². The zero-order chi connectivity index (χ0) is 56.0. The highest BCUT2D eigenvalue weighted by Crippen LogP contribution is 2.60. The maximum absolute atomic E-state index is 12.9. The van der Waals surface area contributed by atoms with Crippen molar-refractivity contribution in [2.75, 3.05) is 25.6 Å². The largest absolute Gasteiger partial charge is 0.481 e. The van der Waals surface area contributed by atoms with Crippen molar-refractivity contribution >= 4 is 33.4 Å². The third kappa shape index (κ3) is 33.8. The van der Waals surface area contributed by atoms with Gasteiger partial charge in [0.2, 0.25) is 0 Å². The number of phosphoric acid groups is 2. The van der Waals surface area contributed by atoms with Gasteiger partial charge >= 0.3 is 33.3 Å². The molecule has 0 amide bonds. The molecule has 2 heterocycles. The molecule has 0 bridgehead atoms. The second-order valence-electron chi connectivity index (χ2n) is 20.0. The Bertz CT molecular complexity index is 2020. The summed E-state index contributed by atoms with van der Waals surface area (Å²) < 4.78 is 56.7. The Morgan fingerprint density at radius 3 is 1.88 bits per heavy atom. The van der Waals surface area contributed by atoms with Gasteiger partial charge in [0.1, 0.15) is 30.7 Å². The van der Waals surface area contributed by atoms with Crippen LogP contribution in [0.4, 0.5) is 5.82 Å². The fourth-order valence-corrected chi connectivity index (χ4v) is 10.3. The van der Waals surface area contributed by atoms with E-state index in [0.29, 0.717) is 12.8 Å². The number of rotatable bonds is 45. The molecule has 436 valence electrons. The number of unbranched alkanes of at least 4 members (excludes halogenated alkanes) is 18. The molecular formula is C54H93N3O17P2. The van der Waals surface area contributed by atoms with Crippen LogP contribution in [0, 0.1) is 5.92 Å². The van der Waals surface area contributed by atoms with Gasteiger partial charge in [-0.25, -0.2) is 13.9 Å². The first-order valence-corrected chi connectivity index (χ1v) is 30.7. The quantitative estimate of drug-likeness (QED) is 0.0105. The minimum atomic E-state index is -5.49. The van der Waals surface area contributed by atoms with Crippen LogP contribution < -0.4 is 11.4 Å². The number of nitrogens with two attached hydrogens (primary N) is 1. The number of aliphatic hydroxyl groups is 4. The van der Waals surface area contributed by atoms with Crippen LogP contribution in [0.25, 0.3) is 0 Å². The second kappa shape index (κ2) is 40.8. The van der Waals surface area contributed by atoms with Gasteiger partial charge < -0.3 is 50.2 Å². The highest BCUT2D eigenvalue weighted by atomic mass is 31.3. The molecule has 0 aromatic carbocycles. The molecule has 20 nitrogen and oxygen atoms in total. The number of aliphatic hydroxyl groups excluding tert-OH is 4. The number of phosphoric ester groups is 2. The van der Waals surface area contributed by atoms with Crippen LogP contribution in [0.5, 0.6) is 0 Å². The monoisotopic (exact) mass is 1120 g/mol. The number of hydrogen-bond acceptors (Lipinski definition) is 17. The lowest BCUT2D eigenvalue weighted by Crippen LogP contribution is -2.36. The average molecular weight is 1120 g/mol. The Morgan fingerprint density at radius 1 is 0.724 bits per heavy atom. The number of anilines is 1. The summed E-state index contributed by atoms with van der Waals surface area (Å²) in [5, 5.41) is 41.4. The van der Waals surface area contributed by atoms with Gasteiger partial charge in [-0.2, -0.15) is 9.29 Å². The summed E-state index contributed by atoms with van der Waals surface area (Å²) in [4.78, 5) is 62.1. The predicted octanol–water partition coefficient (Wildman–Crippen LogP) is 9.92. The van der Waals surface area contributed by atoms with Gasteiger partial charge in [0.25, 0.3) is 0 Å². The Labute approximate surface area is 451 Å². The van der Waals surface area contributed by atoms with Crippen molar-refractivity contribution in [2.45, 2.75) is 231 Å². The molecule has 1 aliphatic rings. The molecule has 0 aliphatic carbocycles.